The second kappa shape index (κ2) is 6.19. The molecule has 0 saturated heterocycles. The Labute approximate surface area is 90.5 Å². The first-order valence-electron chi connectivity index (χ1n) is 4.60. The van der Waals surface area contributed by atoms with Crippen LogP contribution < -0.4 is 11.1 Å². The Hall–Kier alpha value is -1.47. The molecule has 0 bridgehead atoms. The summed E-state index contributed by atoms with van der Waals surface area (Å²) >= 11 is 0. The van der Waals surface area contributed by atoms with E-state index >= 15 is 0 Å². The predicted octanol–water partition coefficient (Wildman–Crippen LogP) is 0.828. The van der Waals surface area contributed by atoms with Crippen molar-refractivity contribution in [2.75, 3.05) is 6.54 Å². The van der Waals surface area contributed by atoms with Crippen molar-refractivity contribution in [3.63, 3.8) is 0 Å². The van der Waals surface area contributed by atoms with Gasteiger partial charge in [-0.2, -0.15) is 13.2 Å². The number of alkyl halides is 3. The standard InChI is InChI=1S/C8H14F3N3O2/c1-5(6(12)14-16)7(15)13-4-2-3-8(9,10)11/h5,16H,2-4H2,1H3,(H2,12,14)(H,13,15). The zero-order chi connectivity index (χ0) is 12.8. The molecule has 0 aromatic carbocycles. The van der Waals surface area contributed by atoms with Crippen molar-refractivity contribution >= 4 is 11.7 Å². The summed E-state index contributed by atoms with van der Waals surface area (Å²) in [5, 5.41) is 13.2. The van der Waals surface area contributed by atoms with E-state index in [1.807, 2.05) is 0 Å². The van der Waals surface area contributed by atoms with E-state index < -0.39 is 24.4 Å². The van der Waals surface area contributed by atoms with E-state index in [1.54, 1.807) is 0 Å². The van der Waals surface area contributed by atoms with Crippen molar-refractivity contribution < 1.29 is 23.2 Å². The molecular formula is C8H14F3N3O2. The minimum Gasteiger partial charge on any atom is -0.409 e. The van der Waals surface area contributed by atoms with Gasteiger partial charge in [0.15, 0.2) is 5.84 Å². The molecule has 5 nitrogen and oxygen atoms in total. The number of carbonyl (C=O) groups excluding carboxylic acids is 1. The Bertz CT molecular complexity index is 266. The molecule has 94 valence electrons. The Kier molecular flexibility index (Phi) is 5.62. The highest BCUT2D eigenvalue weighted by molar-refractivity contribution is 6.01. The van der Waals surface area contributed by atoms with Gasteiger partial charge in [0.2, 0.25) is 5.91 Å². The van der Waals surface area contributed by atoms with E-state index in [1.165, 1.54) is 6.92 Å². The second-order valence-corrected chi connectivity index (χ2v) is 3.26. The van der Waals surface area contributed by atoms with E-state index in [0.717, 1.165) is 0 Å². The molecule has 0 spiro atoms. The van der Waals surface area contributed by atoms with Crippen LogP contribution in [-0.4, -0.2) is 29.7 Å². The van der Waals surface area contributed by atoms with E-state index in [4.69, 9.17) is 10.9 Å². The van der Waals surface area contributed by atoms with Crippen molar-refractivity contribution in [3.8, 4) is 0 Å². The minimum atomic E-state index is -4.22. The van der Waals surface area contributed by atoms with Crippen molar-refractivity contribution in [1.29, 1.82) is 0 Å². The third-order valence-corrected chi connectivity index (χ3v) is 1.89. The van der Waals surface area contributed by atoms with Crippen LogP contribution in [0.1, 0.15) is 19.8 Å². The summed E-state index contributed by atoms with van der Waals surface area (Å²) in [4.78, 5) is 11.2. The molecule has 0 rings (SSSR count). The highest BCUT2D eigenvalue weighted by Crippen LogP contribution is 2.20. The van der Waals surface area contributed by atoms with Crippen LogP contribution in [0.3, 0.4) is 0 Å². The molecule has 1 unspecified atom stereocenters. The van der Waals surface area contributed by atoms with Gasteiger partial charge in [0.05, 0.1) is 5.92 Å². The van der Waals surface area contributed by atoms with Gasteiger partial charge < -0.3 is 16.3 Å². The monoisotopic (exact) mass is 241 g/mol. The first kappa shape index (κ1) is 14.5. The van der Waals surface area contributed by atoms with Gasteiger partial charge in [-0.3, -0.25) is 4.79 Å². The number of nitrogens with one attached hydrogen (secondary N) is 1. The van der Waals surface area contributed by atoms with Gasteiger partial charge in [0.25, 0.3) is 0 Å². The maximum absolute atomic E-state index is 11.7. The van der Waals surface area contributed by atoms with Crippen molar-refractivity contribution in [2.45, 2.75) is 25.9 Å². The summed E-state index contributed by atoms with van der Waals surface area (Å²) in [6, 6.07) is 0. The number of hydrogen-bond acceptors (Lipinski definition) is 3. The summed E-state index contributed by atoms with van der Waals surface area (Å²) in [5.74, 6) is -1.72. The zero-order valence-electron chi connectivity index (χ0n) is 8.71. The topological polar surface area (TPSA) is 87.7 Å². The number of amides is 1. The summed E-state index contributed by atoms with van der Waals surface area (Å²) in [7, 11) is 0. The summed E-state index contributed by atoms with van der Waals surface area (Å²) < 4.78 is 35.2. The molecule has 0 fully saturated rings. The van der Waals surface area contributed by atoms with Crippen LogP contribution >= 0.6 is 0 Å². The predicted molar refractivity (Wildman–Crippen MR) is 50.9 cm³/mol. The molecule has 0 heterocycles. The second-order valence-electron chi connectivity index (χ2n) is 3.26. The zero-order valence-corrected chi connectivity index (χ0v) is 8.71. The molecule has 0 aliphatic rings. The highest BCUT2D eigenvalue weighted by atomic mass is 19.4. The fraction of sp³-hybridized carbons (Fsp3) is 0.750. The lowest BCUT2D eigenvalue weighted by molar-refractivity contribution is -0.136. The van der Waals surface area contributed by atoms with E-state index in [9.17, 15) is 18.0 Å². The number of carbonyl (C=O) groups is 1. The smallest absolute Gasteiger partial charge is 0.389 e. The lowest BCUT2D eigenvalue weighted by Gasteiger charge is -2.11. The maximum atomic E-state index is 11.7. The van der Waals surface area contributed by atoms with Crippen LogP contribution in [0.4, 0.5) is 13.2 Å². The van der Waals surface area contributed by atoms with E-state index in [-0.39, 0.29) is 18.8 Å². The van der Waals surface area contributed by atoms with E-state index in [0.29, 0.717) is 0 Å². The number of hydrogen-bond donors (Lipinski definition) is 3. The Morgan fingerprint density at radius 1 is 1.56 bits per heavy atom. The molecule has 0 aliphatic carbocycles. The fourth-order valence-corrected chi connectivity index (χ4v) is 0.874. The van der Waals surface area contributed by atoms with Crippen molar-refractivity contribution in [2.24, 2.45) is 16.8 Å². The molecular weight excluding hydrogens is 227 g/mol. The van der Waals surface area contributed by atoms with E-state index in [2.05, 4.69) is 10.5 Å². The Morgan fingerprint density at radius 3 is 2.56 bits per heavy atom. The molecule has 8 heteroatoms. The van der Waals surface area contributed by atoms with Gasteiger partial charge >= 0.3 is 6.18 Å². The van der Waals surface area contributed by atoms with Gasteiger partial charge in [-0.1, -0.05) is 5.16 Å². The number of oxime groups is 1. The number of amidine groups is 1. The first-order valence-corrected chi connectivity index (χ1v) is 4.60. The van der Waals surface area contributed by atoms with Crippen LogP contribution in [-0.2, 0) is 4.79 Å². The van der Waals surface area contributed by atoms with Crippen LogP contribution in [0, 0.1) is 5.92 Å². The number of nitrogens with two attached hydrogens (primary N) is 1. The Morgan fingerprint density at radius 2 is 2.12 bits per heavy atom. The molecule has 0 aromatic heterocycles. The molecule has 1 atom stereocenters. The molecule has 4 N–H and O–H groups in total. The SMILES string of the molecule is CC(C(=O)NCCCC(F)(F)F)C(N)=NO. The Balaban J connectivity index is 3.83. The quantitative estimate of drug-likeness (QED) is 0.219. The first-order chi connectivity index (χ1) is 7.28. The average Bonchev–Trinajstić information content (AvgIpc) is 2.20. The highest BCUT2D eigenvalue weighted by Gasteiger charge is 2.26. The van der Waals surface area contributed by atoms with Gasteiger partial charge in [-0.25, -0.2) is 0 Å². The number of rotatable bonds is 5. The minimum absolute atomic E-state index is 0.0958. The largest absolute Gasteiger partial charge is 0.409 e. The van der Waals surface area contributed by atoms with Crippen LogP contribution in [0.15, 0.2) is 5.16 Å². The lowest BCUT2D eigenvalue weighted by atomic mass is 10.1. The molecule has 0 radical (unpaired) electrons. The molecule has 0 aliphatic heterocycles. The van der Waals surface area contributed by atoms with Crippen LogP contribution in [0.5, 0.6) is 0 Å². The van der Waals surface area contributed by atoms with Crippen LogP contribution in [0.2, 0.25) is 0 Å². The number of nitrogens with zero attached hydrogens (tertiary/aromatic N) is 1. The van der Waals surface area contributed by atoms with Gasteiger partial charge in [-0.05, 0) is 13.3 Å². The van der Waals surface area contributed by atoms with Crippen molar-refractivity contribution in [3.05, 3.63) is 0 Å². The molecule has 16 heavy (non-hydrogen) atoms. The molecule has 0 saturated carbocycles. The summed E-state index contributed by atoms with van der Waals surface area (Å²) in [6.07, 6.45) is -5.37. The third-order valence-electron chi connectivity index (χ3n) is 1.89. The maximum Gasteiger partial charge on any atom is 0.389 e. The third kappa shape index (κ3) is 6.10. The van der Waals surface area contributed by atoms with Gasteiger partial charge in [0.1, 0.15) is 0 Å². The normalized spacial score (nSPS) is 14.6. The van der Waals surface area contributed by atoms with Gasteiger partial charge in [-0.15, -0.1) is 0 Å². The summed E-state index contributed by atoms with van der Waals surface area (Å²) in [6.45, 7) is 1.29. The van der Waals surface area contributed by atoms with Crippen molar-refractivity contribution in [1.82, 2.24) is 5.32 Å². The van der Waals surface area contributed by atoms with Gasteiger partial charge in [0, 0.05) is 13.0 Å². The summed E-state index contributed by atoms with van der Waals surface area (Å²) in [5.41, 5.74) is 5.15. The fourth-order valence-electron chi connectivity index (χ4n) is 0.874. The molecule has 1 amide bonds. The number of halogens is 3. The average molecular weight is 241 g/mol. The van der Waals surface area contributed by atoms with Crippen LogP contribution in [0.25, 0.3) is 0 Å². The molecule has 0 aromatic rings. The lowest BCUT2D eigenvalue weighted by Crippen LogP contribution is -2.37.